The average Bonchev–Trinajstić information content (AvgIpc) is 2.79. The van der Waals surface area contributed by atoms with Crippen molar-refractivity contribution in [2.45, 2.75) is 45.8 Å². The number of halogens is 1. The molecule has 0 amide bonds. The molecule has 0 radical (unpaired) electrons. The second-order valence-electron chi connectivity index (χ2n) is 6.37. The van der Waals surface area contributed by atoms with Gasteiger partial charge < -0.3 is 0 Å². The van der Waals surface area contributed by atoms with Crippen LogP contribution in [0.3, 0.4) is 0 Å². The number of rotatable bonds is 3. The number of hydrogen-bond donors (Lipinski definition) is 1. The fourth-order valence-electron chi connectivity index (χ4n) is 3.45. The summed E-state index contributed by atoms with van der Waals surface area (Å²) in [7, 11) is 0. The smallest absolute Gasteiger partial charge is 0.0529 e. The molecule has 2 atom stereocenters. The molecule has 22 heavy (non-hydrogen) atoms. The largest absolute Gasteiger partial charge is 0.251 e. The topological polar surface area (TPSA) is 15.3 Å². The first-order chi connectivity index (χ1) is 10.5. The molecule has 2 unspecified atom stereocenters. The van der Waals surface area contributed by atoms with Crippen LogP contribution in [0.2, 0.25) is 5.02 Å². The van der Waals surface area contributed by atoms with Crippen LogP contribution in [0.25, 0.3) is 0 Å². The van der Waals surface area contributed by atoms with E-state index >= 15 is 0 Å². The van der Waals surface area contributed by atoms with Gasteiger partial charge in [0, 0.05) is 17.6 Å². The molecule has 116 valence electrons. The Morgan fingerprint density at radius 1 is 1.18 bits per heavy atom. The summed E-state index contributed by atoms with van der Waals surface area (Å²) in [4.78, 5) is 0. The summed E-state index contributed by atoms with van der Waals surface area (Å²) >= 11 is 6.58. The standard InChI is InChI=1S/C19H23ClN2/c1-13-9-14(2)19(17(20)10-13)18-11-15(3)21-22(18)12-16-7-5-4-6-8-16/h4-10,15,18,21H,11-12H2,1-3H3. The number of benzene rings is 2. The molecule has 1 fully saturated rings. The first-order valence-electron chi connectivity index (χ1n) is 7.88. The number of aryl methyl sites for hydroxylation is 2. The summed E-state index contributed by atoms with van der Waals surface area (Å²) in [5.41, 5.74) is 8.68. The third kappa shape index (κ3) is 3.19. The van der Waals surface area contributed by atoms with E-state index in [1.807, 2.05) is 0 Å². The van der Waals surface area contributed by atoms with E-state index in [9.17, 15) is 0 Å². The van der Waals surface area contributed by atoms with Crippen LogP contribution in [0.1, 0.15) is 41.6 Å². The van der Waals surface area contributed by atoms with Crippen molar-refractivity contribution < 1.29 is 0 Å². The summed E-state index contributed by atoms with van der Waals surface area (Å²) in [5.74, 6) is 0. The van der Waals surface area contributed by atoms with E-state index in [1.54, 1.807) is 0 Å². The van der Waals surface area contributed by atoms with Crippen molar-refractivity contribution in [1.82, 2.24) is 10.4 Å². The molecule has 1 saturated heterocycles. The van der Waals surface area contributed by atoms with Crippen LogP contribution >= 0.6 is 11.6 Å². The monoisotopic (exact) mass is 314 g/mol. The molecule has 0 spiro atoms. The van der Waals surface area contributed by atoms with Crippen molar-refractivity contribution in [2.24, 2.45) is 0 Å². The summed E-state index contributed by atoms with van der Waals surface area (Å²) in [6, 6.07) is 15.7. The second kappa shape index (κ2) is 6.41. The van der Waals surface area contributed by atoms with Crippen LogP contribution in [0.4, 0.5) is 0 Å². The molecule has 1 aliphatic rings. The summed E-state index contributed by atoms with van der Waals surface area (Å²) in [6.45, 7) is 7.38. The number of nitrogens with one attached hydrogen (secondary N) is 1. The minimum absolute atomic E-state index is 0.323. The lowest BCUT2D eigenvalue weighted by Crippen LogP contribution is -2.35. The fraction of sp³-hybridized carbons (Fsp3) is 0.368. The SMILES string of the molecule is Cc1cc(C)c(C2CC(C)NN2Cc2ccccc2)c(Cl)c1. The summed E-state index contributed by atoms with van der Waals surface area (Å²) < 4.78 is 0. The molecular formula is C19H23ClN2. The maximum atomic E-state index is 6.58. The van der Waals surface area contributed by atoms with E-state index in [0.29, 0.717) is 12.1 Å². The fourth-order valence-corrected chi connectivity index (χ4v) is 3.89. The van der Waals surface area contributed by atoms with E-state index in [1.165, 1.54) is 22.3 Å². The third-order valence-corrected chi connectivity index (χ3v) is 4.66. The van der Waals surface area contributed by atoms with Crippen LogP contribution in [-0.2, 0) is 6.54 Å². The first-order valence-corrected chi connectivity index (χ1v) is 8.26. The highest BCUT2D eigenvalue weighted by atomic mass is 35.5. The van der Waals surface area contributed by atoms with Gasteiger partial charge in [0.1, 0.15) is 0 Å². The minimum atomic E-state index is 0.323. The maximum Gasteiger partial charge on any atom is 0.0529 e. The number of hydrogen-bond acceptors (Lipinski definition) is 2. The van der Waals surface area contributed by atoms with Crippen molar-refractivity contribution in [1.29, 1.82) is 0 Å². The zero-order valence-electron chi connectivity index (χ0n) is 13.4. The van der Waals surface area contributed by atoms with E-state index < -0.39 is 0 Å². The van der Waals surface area contributed by atoms with Crippen LogP contribution in [0.5, 0.6) is 0 Å². The molecule has 0 bridgehead atoms. The Kier molecular flexibility index (Phi) is 4.53. The highest BCUT2D eigenvalue weighted by Gasteiger charge is 2.32. The molecular weight excluding hydrogens is 292 g/mol. The number of hydrazine groups is 1. The van der Waals surface area contributed by atoms with Gasteiger partial charge >= 0.3 is 0 Å². The molecule has 0 aromatic heterocycles. The minimum Gasteiger partial charge on any atom is -0.251 e. The molecule has 1 N–H and O–H groups in total. The van der Waals surface area contributed by atoms with Gasteiger partial charge in [-0.2, -0.15) is 0 Å². The highest BCUT2D eigenvalue weighted by Crippen LogP contribution is 2.37. The van der Waals surface area contributed by atoms with Gasteiger partial charge in [-0.05, 0) is 55.5 Å². The molecule has 2 nitrogen and oxygen atoms in total. The Morgan fingerprint density at radius 3 is 2.59 bits per heavy atom. The Balaban J connectivity index is 1.91. The Morgan fingerprint density at radius 2 is 1.91 bits per heavy atom. The van der Waals surface area contributed by atoms with Crippen molar-refractivity contribution >= 4 is 11.6 Å². The van der Waals surface area contributed by atoms with Gasteiger partial charge in [-0.3, -0.25) is 5.43 Å². The van der Waals surface area contributed by atoms with E-state index in [2.05, 4.69) is 73.7 Å². The zero-order valence-corrected chi connectivity index (χ0v) is 14.2. The van der Waals surface area contributed by atoms with Crippen molar-refractivity contribution in [3.8, 4) is 0 Å². The summed E-state index contributed by atoms with van der Waals surface area (Å²) in [6.07, 6.45) is 1.08. The van der Waals surface area contributed by atoms with Crippen molar-refractivity contribution in [3.05, 3.63) is 69.7 Å². The number of nitrogens with zero attached hydrogens (tertiary/aromatic N) is 1. The molecule has 3 rings (SSSR count). The predicted octanol–water partition coefficient (Wildman–Crippen LogP) is 4.80. The molecule has 0 aliphatic carbocycles. The van der Waals surface area contributed by atoms with Crippen LogP contribution in [0, 0.1) is 13.8 Å². The molecule has 2 aromatic rings. The van der Waals surface area contributed by atoms with Gasteiger partial charge in [0.25, 0.3) is 0 Å². The van der Waals surface area contributed by atoms with Crippen molar-refractivity contribution in [3.63, 3.8) is 0 Å². The Labute approximate surface area is 138 Å². The maximum absolute atomic E-state index is 6.58. The van der Waals surface area contributed by atoms with Gasteiger partial charge in [0.2, 0.25) is 0 Å². The van der Waals surface area contributed by atoms with Gasteiger partial charge in [-0.15, -0.1) is 0 Å². The predicted molar refractivity (Wildman–Crippen MR) is 92.9 cm³/mol. The molecule has 1 aliphatic heterocycles. The lowest BCUT2D eigenvalue weighted by molar-refractivity contribution is 0.171. The van der Waals surface area contributed by atoms with Gasteiger partial charge in [-0.1, -0.05) is 48.0 Å². The lowest BCUT2D eigenvalue weighted by Gasteiger charge is -2.27. The lowest BCUT2D eigenvalue weighted by atomic mass is 9.95. The quantitative estimate of drug-likeness (QED) is 0.875. The molecule has 1 heterocycles. The molecule has 3 heteroatoms. The highest BCUT2D eigenvalue weighted by molar-refractivity contribution is 6.31. The van der Waals surface area contributed by atoms with E-state index in [0.717, 1.165) is 18.0 Å². The van der Waals surface area contributed by atoms with E-state index in [4.69, 9.17) is 11.6 Å². The third-order valence-electron chi connectivity index (χ3n) is 4.35. The Hall–Kier alpha value is -1.35. The Bertz CT molecular complexity index is 631. The van der Waals surface area contributed by atoms with Gasteiger partial charge in [0.05, 0.1) is 6.04 Å². The average molecular weight is 315 g/mol. The van der Waals surface area contributed by atoms with Crippen LogP contribution in [0.15, 0.2) is 42.5 Å². The van der Waals surface area contributed by atoms with Crippen LogP contribution < -0.4 is 5.43 Å². The van der Waals surface area contributed by atoms with Gasteiger partial charge in [-0.25, -0.2) is 5.01 Å². The van der Waals surface area contributed by atoms with Crippen molar-refractivity contribution in [2.75, 3.05) is 0 Å². The second-order valence-corrected chi connectivity index (χ2v) is 6.78. The summed E-state index contributed by atoms with van der Waals surface area (Å²) in [5, 5.41) is 3.22. The normalized spacial score (nSPS) is 22.2. The first kappa shape index (κ1) is 15.5. The van der Waals surface area contributed by atoms with Gasteiger partial charge in [0.15, 0.2) is 0 Å². The zero-order chi connectivity index (χ0) is 15.7. The molecule has 0 saturated carbocycles. The van der Waals surface area contributed by atoms with E-state index in [-0.39, 0.29) is 0 Å². The molecule has 2 aromatic carbocycles. The van der Waals surface area contributed by atoms with Crippen LogP contribution in [-0.4, -0.2) is 11.1 Å².